The van der Waals surface area contributed by atoms with Crippen LogP contribution in [-0.2, 0) is 9.84 Å². The van der Waals surface area contributed by atoms with Crippen LogP contribution in [0.1, 0.15) is 0 Å². The number of anilines is 1. The molecular formula is C14H10ClN3O2S. The Morgan fingerprint density at radius 2 is 1.95 bits per heavy atom. The van der Waals surface area contributed by atoms with E-state index in [4.69, 9.17) is 16.9 Å². The number of para-hydroxylation sites is 1. The number of nitriles is 1. The zero-order valence-corrected chi connectivity index (χ0v) is 12.3. The Kier molecular flexibility index (Phi) is 4.58. The second kappa shape index (κ2) is 6.39. The minimum Gasteiger partial charge on any atom is -0.359 e. The summed E-state index contributed by atoms with van der Waals surface area (Å²) in [5.41, 5.74) is 0.503. The molecule has 106 valence electrons. The number of pyridine rings is 1. The zero-order chi connectivity index (χ0) is 15.3. The summed E-state index contributed by atoms with van der Waals surface area (Å²) in [5.74, 6) is 0. The van der Waals surface area contributed by atoms with Crippen LogP contribution in [0.3, 0.4) is 0 Å². The summed E-state index contributed by atoms with van der Waals surface area (Å²) in [6.45, 7) is 0. The number of benzene rings is 1. The molecule has 21 heavy (non-hydrogen) atoms. The quantitative estimate of drug-likeness (QED) is 0.876. The van der Waals surface area contributed by atoms with Crippen molar-refractivity contribution in [2.45, 2.75) is 5.03 Å². The third-order valence-electron chi connectivity index (χ3n) is 2.55. The highest BCUT2D eigenvalue weighted by molar-refractivity contribution is 7.95. The van der Waals surface area contributed by atoms with Gasteiger partial charge in [-0.3, -0.25) is 0 Å². The number of hydrogen-bond donors (Lipinski definition) is 1. The second-order valence-electron chi connectivity index (χ2n) is 3.92. The highest BCUT2D eigenvalue weighted by Gasteiger charge is 2.21. The highest BCUT2D eigenvalue weighted by atomic mass is 35.5. The number of rotatable bonds is 4. The molecule has 0 aliphatic rings. The van der Waals surface area contributed by atoms with Gasteiger partial charge in [0.15, 0.2) is 9.93 Å². The average Bonchev–Trinajstić information content (AvgIpc) is 2.50. The normalized spacial score (nSPS) is 11.7. The van der Waals surface area contributed by atoms with Gasteiger partial charge in [0.1, 0.15) is 6.07 Å². The first kappa shape index (κ1) is 15.0. The summed E-state index contributed by atoms with van der Waals surface area (Å²) in [4.78, 5) is 3.31. The third kappa shape index (κ3) is 3.40. The van der Waals surface area contributed by atoms with Crippen LogP contribution in [0.25, 0.3) is 0 Å². The van der Waals surface area contributed by atoms with E-state index in [2.05, 4.69) is 10.3 Å². The molecule has 0 atom stereocenters. The maximum atomic E-state index is 12.2. The molecule has 1 aromatic heterocycles. The predicted octanol–water partition coefficient (Wildman–Crippen LogP) is 2.99. The Morgan fingerprint density at radius 3 is 2.57 bits per heavy atom. The summed E-state index contributed by atoms with van der Waals surface area (Å²) in [6, 6.07) is 12.9. The van der Waals surface area contributed by atoms with Gasteiger partial charge in [0.2, 0.25) is 9.84 Å². The fourth-order valence-electron chi connectivity index (χ4n) is 1.51. The minimum atomic E-state index is -3.95. The lowest BCUT2D eigenvalue weighted by molar-refractivity contribution is 0.599. The van der Waals surface area contributed by atoms with E-state index in [0.29, 0.717) is 10.7 Å². The summed E-state index contributed by atoms with van der Waals surface area (Å²) in [6.07, 6.45) is 2.45. The Hall–Kier alpha value is -2.36. The van der Waals surface area contributed by atoms with Crippen molar-refractivity contribution in [3.8, 4) is 6.07 Å². The first-order valence-corrected chi connectivity index (χ1v) is 7.69. The molecule has 2 rings (SSSR count). The van der Waals surface area contributed by atoms with Gasteiger partial charge in [-0.2, -0.15) is 5.26 Å². The summed E-state index contributed by atoms with van der Waals surface area (Å²) in [5, 5.41) is 12.0. The van der Waals surface area contributed by atoms with Crippen molar-refractivity contribution in [1.29, 1.82) is 5.26 Å². The fraction of sp³-hybridized carbons (Fsp3) is 0. The van der Waals surface area contributed by atoms with Crippen LogP contribution in [0.5, 0.6) is 0 Å². The Balaban J connectivity index is 2.35. The van der Waals surface area contributed by atoms with E-state index in [-0.39, 0.29) is 5.03 Å². The zero-order valence-electron chi connectivity index (χ0n) is 10.7. The number of aromatic nitrogens is 1. The summed E-state index contributed by atoms with van der Waals surface area (Å²) < 4.78 is 24.5. The maximum Gasteiger partial charge on any atom is 0.235 e. The van der Waals surface area contributed by atoms with Crippen LogP contribution >= 0.6 is 11.6 Å². The largest absolute Gasteiger partial charge is 0.359 e. The van der Waals surface area contributed by atoms with Gasteiger partial charge in [-0.05, 0) is 24.3 Å². The number of halogens is 1. The number of nitrogens with zero attached hydrogens (tertiary/aromatic N) is 2. The summed E-state index contributed by atoms with van der Waals surface area (Å²) >= 11 is 5.95. The lowest BCUT2D eigenvalue weighted by Gasteiger charge is -2.05. The van der Waals surface area contributed by atoms with Crippen LogP contribution in [0.2, 0.25) is 5.02 Å². The predicted molar refractivity (Wildman–Crippen MR) is 80.2 cm³/mol. The fourth-order valence-corrected chi connectivity index (χ4v) is 2.72. The summed E-state index contributed by atoms with van der Waals surface area (Å²) in [7, 11) is -3.95. The number of hydrogen-bond acceptors (Lipinski definition) is 5. The molecule has 0 radical (unpaired) electrons. The van der Waals surface area contributed by atoms with Gasteiger partial charge >= 0.3 is 0 Å². The molecule has 0 amide bonds. The molecule has 0 aliphatic carbocycles. The van der Waals surface area contributed by atoms with E-state index < -0.39 is 14.7 Å². The average molecular weight is 320 g/mol. The number of nitrogens with one attached hydrogen (secondary N) is 1. The van der Waals surface area contributed by atoms with Crippen molar-refractivity contribution in [3.05, 3.63) is 64.8 Å². The molecule has 0 spiro atoms. The topological polar surface area (TPSA) is 82.9 Å². The Morgan fingerprint density at radius 1 is 1.24 bits per heavy atom. The molecular weight excluding hydrogens is 310 g/mol. The van der Waals surface area contributed by atoms with Crippen LogP contribution in [-0.4, -0.2) is 13.4 Å². The molecule has 1 heterocycles. The van der Waals surface area contributed by atoms with E-state index in [0.717, 1.165) is 6.20 Å². The third-order valence-corrected chi connectivity index (χ3v) is 4.46. The van der Waals surface area contributed by atoms with Crippen molar-refractivity contribution in [3.63, 3.8) is 0 Å². The molecule has 2 aromatic rings. The van der Waals surface area contributed by atoms with Crippen molar-refractivity contribution in [2.75, 3.05) is 5.32 Å². The molecule has 0 unspecified atom stereocenters. The molecule has 7 heteroatoms. The molecule has 0 bridgehead atoms. The van der Waals surface area contributed by atoms with E-state index in [1.54, 1.807) is 36.4 Å². The van der Waals surface area contributed by atoms with E-state index in [1.165, 1.54) is 18.3 Å². The van der Waals surface area contributed by atoms with Gasteiger partial charge in [0.25, 0.3) is 0 Å². The second-order valence-corrected chi connectivity index (χ2v) is 6.19. The number of allylic oxidation sites excluding steroid dienone is 1. The Bertz CT molecular complexity index is 812. The van der Waals surface area contributed by atoms with E-state index in [1.807, 2.05) is 0 Å². The lowest BCUT2D eigenvalue weighted by Crippen LogP contribution is -2.07. The first-order valence-electron chi connectivity index (χ1n) is 5.83. The molecule has 1 N–H and O–H groups in total. The van der Waals surface area contributed by atoms with Gasteiger partial charge < -0.3 is 5.32 Å². The van der Waals surface area contributed by atoms with Gasteiger partial charge in [0.05, 0.1) is 10.7 Å². The van der Waals surface area contributed by atoms with Gasteiger partial charge in [0, 0.05) is 12.4 Å². The minimum absolute atomic E-state index is 0.182. The molecule has 0 saturated carbocycles. The standard InChI is InChI=1S/C14H10ClN3O2S/c15-12-5-1-2-6-13(12)18-10-11(9-16)21(19,20)14-7-3-4-8-17-14/h1-8,10,18H/b11-10+. The van der Waals surface area contributed by atoms with Crippen LogP contribution < -0.4 is 5.32 Å². The highest BCUT2D eigenvalue weighted by Crippen LogP contribution is 2.22. The monoisotopic (exact) mass is 319 g/mol. The van der Waals surface area contributed by atoms with E-state index in [9.17, 15) is 8.42 Å². The SMILES string of the molecule is N#C/C(=C\Nc1ccccc1Cl)S(=O)(=O)c1ccccn1. The van der Waals surface area contributed by atoms with Gasteiger partial charge in [-0.15, -0.1) is 0 Å². The van der Waals surface area contributed by atoms with Crippen molar-refractivity contribution >= 4 is 27.1 Å². The molecule has 5 nitrogen and oxygen atoms in total. The van der Waals surface area contributed by atoms with Crippen LogP contribution in [0.4, 0.5) is 5.69 Å². The van der Waals surface area contributed by atoms with Gasteiger partial charge in [-0.25, -0.2) is 13.4 Å². The Labute approximate surface area is 127 Å². The maximum absolute atomic E-state index is 12.2. The van der Waals surface area contributed by atoms with Crippen molar-refractivity contribution in [1.82, 2.24) is 4.98 Å². The van der Waals surface area contributed by atoms with Crippen LogP contribution in [0, 0.1) is 11.3 Å². The van der Waals surface area contributed by atoms with Crippen molar-refractivity contribution < 1.29 is 8.42 Å². The van der Waals surface area contributed by atoms with Gasteiger partial charge in [-0.1, -0.05) is 29.8 Å². The molecule has 1 aromatic carbocycles. The molecule has 0 saturated heterocycles. The van der Waals surface area contributed by atoms with E-state index >= 15 is 0 Å². The molecule has 0 aliphatic heterocycles. The van der Waals surface area contributed by atoms with Crippen molar-refractivity contribution in [2.24, 2.45) is 0 Å². The smallest absolute Gasteiger partial charge is 0.235 e. The van der Waals surface area contributed by atoms with Crippen LogP contribution in [0.15, 0.2) is 64.8 Å². The lowest BCUT2D eigenvalue weighted by atomic mass is 10.3. The number of sulfone groups is 1. The molecule has 0 fully saturated rings. The first-order chi connectivity index (χ1) is 10.1.